The summed E-state index contributed by atoms with van der Waals surface area (Å²) in [5, 5.41) is 2.06. The highest BCUT2D eigenvalue weighted by atomic mass is 32.1. The highest BCUT2D eigenvalue weighted by Crippen LogP contribution is 2.28. The summed E-state index contributed by atoms with van der Waals surface area (Å²) < 4.78 is 0. The van der Waals surface area contributed by atoms with E-state index in [1.54, 1.807) is 11.3 Å². The van der Waals surface area contributed by atoms with Gasteiger partial charge in [-0.1, -0.05) is 26.0 Å². The van der Waals surface area contributed by atoms with Crippen LogP contribution in [-0.4, -0.2) is 16.5 Å². The first kappa shape index (κ1) is 12.4. The molecule has 0 aliphatic heterocycles. The van der Waals surface area contributed by atoms with Gasteiger partial charge in [0.05, 0.1) is 15.9 Å². The zero-order valence-electron chi connectivity index (χ0n) is 11.1. The minimum absolute atomic E-state index is 0.0115. The van der Waals surface area contributed by atoms with Gasteiger partial charge in [0.15, 0.2) is 0 Å². The van der Waals surface area contributed by atoms with Crippen molar-refractivity contribution in [3.8, 4) is 10.7 Å². The van der Waals surface area contributed by atoms with Gasteiger partial charge in [0, 0.05) is 12.0 Å². The largest absolute Gasteiger partial charge is 0.337 e. The number of nitrogens with zero attached hydrogens (tertiary/aromatic N) is 1. The lowest BCUT2D eigenvalue weighted by Gasteiger charge is -2.22. The van der Waals surface area contributed by atoms with Crippen molar-refractivity contribution in [2.45, 2.75) is 19.3 Å². The fraction of sp³-hybridized carbons (Fsp3) is 0.267. The number of H-pyrrole nitrogens is 1. The molecule has 0 fully saturated rings. The van der Waals surface area contributed by atoms with Crippen molar-refractivity contribution in [3.63, 3.8) is 0 Å². The Balaban J connectivity index is 2.09. The molecule has 3 rings (SSSR count). The maximum atomic E-state index is 5.84. The van der Waals surface area contributed by atoms with Crippen molar-refractivity contribution in [2.24, 2.45) is 5.73 Å². The van der Waals surface area contributed by atoms with E-state index in [0.717, 1.165) is 21.7 Å². The number of fused-ring (bicyclic) bond motifs is 1. The maximum absolute atomic E-state index is 5.84. The molecule has 0 saturated heterocycles. The van der Waals surface area contributed by atoms with E-state index in [1.807, 2.05) is 6.07 Å². The number of nitrogens with two attached hydrogens (primary N) is 1. The number of aromatic amines is 1. The fourth-order valence-electron chi connectivity index (χ4n) is 2.08. The normalized spacial score (nSPS) is 12.2. The molecule has 0 spiro atoms. The highest BCUT2D eigenvalue weighted by molar-refractivity contribution is 7.13. The number of rotatable bonds is 3. The summed E-state index contributed by atoms with van der Waals surface area (Å²) in [6.45, 7) is 4.94. The van der Waals surface area contributed by atoms with Gasteiger partial charge in [-0.25, -0.2) is 4.98 Å². The molecule has 98 valence electrons. The second kappa shape index (κ2) is 4.47. The first-order valence-electron chi connectivity index (χ1n) is 6.34. The Kier molecular flexibility index (Phi) is 2.92. The first-order chi connectivity index (χ1) is 9.10. The molecule has 4 heteroatoms. The van der Waals surface area contributed by atoms with Gasteiger partial charge in [-0.05, 0) is 29.1 Å². The molecule has 0 radical (unpaired) electrons. The van der Waals surface area contributed by atoms with Gasteiger partial charge in [-0.15, -0.1) is 11.3 Å². The van der Waals surface area contributed by atoms with Crippen molar-refractivity contribution in [3.05, 3.63) is 41.3 Å². The topological polar surface area (TPSA) is 54.7 Å². The molecule has 2 aromatic heterocycles. The van der Waals surface area contributed by atoms with E-state index in [-0.39, 0.29) is 5.41 Å². The van der Waals surface area contributed by atoms with Crippen LogP contribution in [-0.2, 0) is 5.41 Å². The van der Waals surface area contributed by atoms with Crippen LogP contribution in [0.3, 0.4) is 0 Å². The third-order valence-corrected chi connectivity index (χ3v) is 4.40. The quantitative estimate of drug-likeness (QED) is 0.765. The van der Waals surface area contributed by atoms with Gasteiger partial charge in [0.1, 0.15) is 5.82 Å². The van der Waals surface area contributed by atoms with Gasteiger partial charge in [-0.2, -0.15) is 0 Å². The van der Waals surface area contributed by atoms with Crippen molar-refractivity contribution >= 4 is 22.4 Å². The SMILES string of the molecule is CC(C)(CN)c1ccc2nc(-c3cccs3)[nH]c2c1. The number of nitrogens with one attached hydrogen (secondary N) is 1. The van der Waals surface area contributed by atoms with Crippen molar-refractivity contribution in [1.82, 2.24) is 9.97 Å². The average Bonchev–Trinajstić information content (AvgIpc) is 3.06. The Labute approximate surface area is 116 Å². The smallest absolute Gasteiger partial charge is 0.148 e. The zero-order chi connectivity index (χ0) is 13.5. The molecule has 0 unspecified atom stereocenters. The van der Waals surface area contributed by atoms with Crippen LogP contribution in [0, 0.1) is 0 Å². The Morgan fingerprint density at radius 3 is 2.84 bits per heavy atom. The second-order valence-corrected chi connectivity index (χ2v) is 6.33. The van der Waals surface area contributed by atoms with Crippen LogP contribution in [0.15, 0.2) is 35.7 Å². The van der Waals surface area contributed by atoms with Crippen molar-refractivity contribution in [1.29, 1.82) is 0 Å². The molecule has 0 aliphatic carbocycles. The zero-order valence-corrected chi connectivity index (χ0v) is 11.9. The van der Waals surface area contributed by atoms with E-state index >= 15 is 0 Å². The standard InChI is InChI=1S/C15H17N3S/c1-15(2,9-16)10-5-6-11-12(8-10)18-14(17-11)13-4-3-7-19-13/h3-8H,9,16H2,1-2H3,(H,17,18). The molecule has 0 aliphatic rings. The summed E-state index contributed by atoms with van der Waals surface area (Å²) in [5.74, 6) is 0.938. The van der Waals surface area contributed by atoms with Crippen LogP contribution >= 0.6 is 11.3 Å². The molecule has 2 heterocycles. The lowest BCUT2D eigenvalue weighted by atomic mass is 9.85. The lowest BCUT2D eigenvalue weighted by Crippen LogP contribution is -2.27. The lowest BCUT2D eigenvalue weighted by molar-refractivity contribution is 0.539. The second-order valence-electron chi connectivity index (χ2n) is 5.38. The third kappa shape index (κ3) is 2.17. The van der Waals surface area contributed by atoms with Crippen molar-refractivity contribution < 1.29 is 0 Å². The monoisotopic (exact) mass is 271 g/mol. The molecule has 3 aromatic rings. The Bertz CT molecular complexity index is 695. The van der Waals surface area contributed by atoms with Crippen LogP contribution in [0.5, 0.6) is 0 Å². The van der Waals surface area contributed by atoms with Gasteiger partial charge >= 0.3 is 0 Å². The summed E-state index contributed by atoms with van der Waals surface area (Å²) in [7, 11) is 0. The average molecular weight is 271 g/mol. The predicted octanol–water partition coefficient (Wildman–Crippen LogP) is 3.53. The summed E-state index contributed by atoms with van der Waals surface area (Å²) >= 11 is 1.69. The molecule has 0 bridgehead atoms. The van der Waals surface area contributed by atoms with Crippen LogP contribution in [0.1, 0.15) is 19.4 Å². The Hall–Kier alpha value is -1.65. The molecule has 0 atom stereocenters. The van der Waals surface area contributed by atoms with Gasteiger partial charge in [-0.3, -0.25) is 0 Å². The summed E-state index contributed by atoms with van der Waals surface area (Å²) in [6, 6.07) is 10.5. The maximum Gasteiger partial charge on any atom is 0.148 e. The van der Waals surface area contributed by atoms with Crippen LogP contribution in [0.2, 0.25) is 0 Å². The number of aromatic nitrogens is 2. The fourth-order valence-corrected chi connectivity index (χ4v) is 2.75. The van der Waals surface area contributed by atoms with Gasteiger partial charge < -0.3 is 10.7 Å². The number of hydrogen-bond donors (Lipinski definition) is 2. The molecule has 3 N–H and O–H groups in total. The molecule has 3 nitrogen and oxygen atoms in total. The Morgan fingerprint density at radius 2 is 2.16 bits per heavy atom. The van der Waals surface area contributed by atoms with Crippen LogP contribution in [0.4, 0.5) is 0 Å². The molecule has 19 heavy (non-hydrogen) atoms. The van der Waals surface area contributed by atoms with E-state index in [4.69, 9.17) is 5.73 Å². The van der Waals surface area contributed by atoms with Crippen LogP contribution < -0.4 is 5.73 Å². The number of benzene rings is 1. The van der Waals surface area contributed by atoms with Gasteiger partial charge in [0.2, 0.25) is 0 Å². The van der Waals surface area contributed by atoms with E-state index in [1.165, 1.54) is 5.56 Å². The minimum Gasteiger partial charge on any atom is -0.337 e. The summed E-state index contributed by atoms with van der Waals surface area (Å²) in [6.07, 6.45) is 0. The number of thiophene rings is 1. The number of imidazole rings is 1. The Morgan fingerprint density at radius 1 is 1.32 bits per heavy atom. The van der Waals surface area contributed by atoms with E-state index in [0.29, 0.717) is 6.54 Å². The first-order valence-corrected chi connectivity index (χ1v) is 7.22. The number of hydrogen-bond acceptors (Lipinski definition) is 3. The third-order valence-electron chi connectivity index (χ3n) is 3.53. The van der Waals surface area contributed by atoms with Crippen molar-refractivity contribution in [2.75, 3.05) is 6.54 Å². The molecule has 0 saturated carbocycles. The molecule has 1 aromatic carbocycles. The van der Waals surface area contributed by atoms with E-state index < -0.39 is 0 Å². The molecule has 0 amide bonds. The molecular formula is C15H17N3S. The summed E-state index contributed by atoms with van der Waals surface area (Å²) in [5.41, 5.74) is 9.14. The molecular weight excluding hydrogens is 254 g/mol. The summed E-state index contributed by atoms with van der Waals surface area (Å²) in [4.78, 5) is 9.18. The predicted molar refractivity (Wildman–Crippen MR) is 81.5 cm³/mol. The highest BCUT2D eigenvalue weighted by Gasteiger charge is 2.19. The van der Waals surface area contributed by atoms with E-state index in [9.17, 15) is 0 Å². The van der Waals surface area contributed by atoms with Gasteiger partial charge in [0.25, 0.3) is 0 Å². The van der Waals surface area contributed by atoms with Crippen LogP contribution in [0.25, 0.3) is 21.7 Å². The van der Waals surface area contributed by atoms with E-state index in [2.05, 4.69) is 53.5 Å². The minimum atomic E-state index is -0.0115.